The van der Waals surface area contributed by atoms with Crippen LogP contribution in [0.4, 0.5) is 13.2 Å². The molecular weight excluding hydrogens is 405 g/mol. The summed E-state index contributed by atoms with van der Waals surface area (Å²) >= 11 is 0. The fourth-order valence-electron chi connectivity index (χ4n) is 3.89. The van der Waals surface area contributed by atoms with Crippen molar-refractivity contribution in [3.63, 3.8) is 0 Å². The Morgan fingerprint density at radius 3 is 2.65 bits per heavy atom. The third kappa shape index (κ3) is 4.97. The van der Waals surface area contributed by atoms with Gasteiger partial charge in [0.15, 0.2) is 0 Å². The zero-order valence-electron chi connectivity index (χ0n) is 17.6. The number of alkyl halides is 3. The second-order valence-corrected chi connectivity index (χ2v) is 7.86. The first kappa shape index (κ1) is 21.5. The number of rotatable bonds is 5. The number of hydrogen-bond donors (Lipinski definition) is 0. The Kier molecular flexibility index (Phi) is 6.11. The highest BCUT2D eigenvalue weighted by Crippen LogP contribution is 2.33. The molecule has 8 heteroatoms. The molecule has 31 heavy (non-hydrogen) atoms. The van der Waals surface area contributed by atoms with Crippen LogP contribution in [0.25, 0.3) is 0 Å². The van der Waals surface area contributed by atoms with Crippen LogP contribution in [0.15, 0.2) is 48.7 Å². The smallest absolute Gasteiger partial charge is 0.369 e. The third-order valence-corrected chi connectivity index (χ3v) is 5.73. The van der Waals surface area contributed by atoms with E-state index in [9.17, 15) is 13.2 Å². The lowest BCUT2D eigenvalue weighted by Gasteiger charge is -2.32. The second kappa shape index (κ2) is 8.80. The minimum Gasteiger partial charge on any atom is -0.369 e. The normalized spacial score (nSPS) is 17.8. The average molecular weight is 430 g/mol. The van der Waals surface area contributed by atoms with Crippen LogP contribution in [0, 0.1) is 6.92 Å². The van der Waals surface area contributed by atoms with Crippen LogP contribution in [-0.4, -0.2) is 39.4 Å². The van der Waals surface area contributed by atoms with Gasteiger partial charge >= 0.3 is 6.18 Å². The van der Waals surface area contributed by atoms with E-state index in [1.165, 1.54) is 17.7 Å². The Morgan fingerprint density at radius 2 is 1.90 bits per heavy atom. The van der Waals surface area contributed by atoms with Crippen LogP contribution in [0.2, 0.25) is 0 Å². The molecule has 164 valence electrons. The van der Waals surface area contributed by atoms with E-state index < -0.39 is 11.7 Å². The number of ether oxygens (including phenoxy) is 1. The number of halogens is 3. The first-order valence-electron chi connectivity index (χ1n) is 10.2. The number of morpholine rings is 1. The molecule has 1 atom stereocenters. The molecule has 0 bridgehead atoms. The van der Waals surface area contributed by atoms with Gasteiger partial charge in [0, 0.05) is 50.1 Å². The zero-order chi connectivity index (χ0) is 22.0. The summed E-state index contributed by atoms with van der Waals surface area (Å²) in [7, 11) is 1.92. The summed E-state index contributed by atoms with van der Waals surface area (Å²) in [4.78, 5) is 6.94. The maximum Gasteiger partial charge on any atom is 0.416 e. The van der Waals surface area contributed by atoms with Crippen molar-refractivity contribution in [3.05, 3.63) is 82.4 Å². The van der Waals surface area contributed by atoms with Crippen LogP contribution in [0.5, 0.6) is 0 Å². The Bertz CT molecular complexity index is 1050. The van der Waals surface area contributed by atoms with Gasteiger partial charge in [0.1, 0.15) is 6.10 Å². The molecule has 2 aromatic heterocycles. The predicted molar refractivity (Wildman–Crippen MR) is 110 cm³/mol. The number of aromatic nitrogens is 3. The minimum atomic E-state index is -4.38. The molecule has 0 saturated carbocycles. The van der Waals surface area contributed by atoms with Crippen molar-refractivity contribution in [1.29, 1.82) is 0 Å². The third-order valence-electron chi connectivity index (χ3n) is 5.73. The summed E-state index contributed by atoms with van der Waals surface area (Å²) in [5.41, 5.74) is 3.25. The summed E-state index contributed by atoms with van der Waals surface area (Å²) in [5.74, 6) is 0. The van der Waals surface area contributed by atoms with Crippen molar-refractivity contribution in [2.75, 3.05) is 19.7 Å². The lowest BCUT2D eigenvalue weighted by atomic mass is 10.0. The second-order valence-electron chi connectivity index (χ2n) is 7.86. The van der Waals surface area contributed by atoms with Gasteiger partial charge in [-0.25, -0.2) is 0 Å². The molecule has 1 saturated heterocycles. The first-order valence-corrected chi connectivity index (χ1v) is 10.2. The van der Waals surface area contributed by atoms with Crippen LogP contribution in [-0.2, 0) is 30.9 Å². The van der Waals surface area contributed by atoms with Gasteiger partial charge in [-0.2, -0.15) is 18.3 Å². The van der Waals surface area contributed by atoms with E-state index in [4.69, 9.17) is 4.74 Å². The Labute approximate surface area is 179 Å². The van der Waals surface area contributed by atoms with Crippen LogP contribution >= 0.6 is 0 Å². The van der Waals surface area contributed by atoms with Crippen LogP contribution in [0.1, 0.15) is 39.9 Å². The Morgan fingerprint density at radius 1 is 1.10 bits per heavy atom. The van der Waals surface area contributed by atoms with E-state index in [2.05, 4.69) is 15.0 Å². The zero-order valence-corrected chi connectivity index (χ0v) is 17.6. The van der Waals surface area contributed by atoms with Gasteiger partial charge in [0.05, 0.1) is 24.1 Å². The van der Waals surface area contributed by atoms with Crippen molar-refractivity contribution in [3.8, 4) is 0 Å². The molecule has 3 heterocycles. The molecule has 0 unspecified atom stereocenters. The van der Waals surface area contributed by atoms with E-state index in [0.29, 0.717) is 18.8 Å². The maximum atomic E-state index is 13.3. The van der Waals surface area contributed by atoms with Crippen molar-refractivity contribution < 1.29 is 17.9 Å². The highest BCUT2D eigenvalue weighted by Gasteiger charge is 2.33. The number of benzene rings is 1. The lowest BCUT2D eigenvalue weighted by Crippen LogP contribution is -2.38. The van der Waals surface area contributed by atoms with E-state index in [1.807, 2.05) is 37.0 Å². The highest BCUT2D eigenvalue weighted by atomic mass is 19.4. The van der Waals surface area contributed by atoms with Crippen molar-refractivity contribution in [2.45, 2.75) is 32.2 Å². The van der Waals surface area contributed by atoms with Crippen LogP contribution in [0.3, 0.4) is 0 Å². The summed E-state index contributed by atoms with van der Waals surface area (Å²) < 4.78 is 47.8. The van der Waals surface area contributed by atoms with Crippen molar-refractivity contribution >= 4 is 0 Å². The topological polar surface area (TPSA) is 43.2 Å². The Hall–Kier alpha value is -2.71. The van der Waals surface area contributed by atoms with Gasteiger partial charge in [-0.1, -0.05) is 24.3 Å². The van der Waals surface area contributed by atoms with Gasteiger partial charge in [-0.15, -0.1) is 0 Å². The van der Waals surface area contributed by atoms with Crippen molar-refractivity contribution in [2.24, 2.45) is 7.05 Å². The van der Waals surface area contributed by atoms with Crippen molar-refractivity contribution in [1.82, 2.24) is 19.7 Å². The first-order chi connectivity index (χ1) is 14.8. The average Bonchev–Trinajstić information content (AvgIpc) is 3.06. The standard InChI is InChI=1S/C23H25F3N4O/c1-16-18(13-27-29(16)2)14-30-10-11-31-22(15-30)21-9-5-7-19(28-21)12-17-6-3-4-8-20(17)23(24,25)26/h3-9,13,22H,10-12,14-15H2,1-2H3/t22-/m1/s1. The molecule has 1 aliphatic heterocycles. The van der Waals surface area contributed by atoms with E-state index in [0.717, 1.165) is 30.5 Å². The molecule has 0 N–H and O–H groups in total. The molecule has 1 aliphatic rings. The predicted octanol–water partition coefficient (Wildman–Crippen LogP) is 4.31. The molecule has 3 aromatic rings. The largest absolute Gasteiger partial charge is 0.416 e. The van der Waals surface area contributed by atoms with Gasteiger partial charge < -0.3 is 4.74 Å². The summed E-state index contributed by atoms with van der Waals surface area (Å²) in [6.07, 6.45) is -2.60. The van der Waals surface area contributed by atoms with E-state index in [-0.39, 0.29) is 18.1 Å². The molecule has 5 nitrogen and oxygen atoms in total. The number of hydrogen-bond acceptors (Lipinski definition) is 4. The van der Waals surface area contributed by atoms with E-state index >= 15 is 0 Å². The monoisotopic (exact) mass is 430 g/mol. The molecule has 1 fully saturated rings. The molecule has 4 rings (SSSR count). The summed E-state index contributed by atoms with van der Waals surface area (Å²) in [6.45, 7) is 4.88. The SMILES string of the molecule is Cc1c(CN2CCO[C@@H](c3cccc(Cc4ccccc4C(F)(F)F)n3)C2)cnn1C. The number of nitrogens with zero attached hydrogens (tertiary/aromatic N) is 4. The molecule has 0 radical (unpaired) electrons. The quantitative estimate of drug-likeness (QED) is 0.605. The molecular formula is C23H25F3N4O. The maximum absolute atomic E-state index is 13.3. The van der Waals surface area contributed by atoms with Gasteiger partial charge in [-0.05, 0) is 30.7 Å². The summed E-state index contributed by atoms with van der Waals surface area (Å²) in [5, 5.41) is 4.30. The number of pyridine rings is 1. The van der Waals surface area contributed by atoms with Gasteiger partial charge in [-0.3, -0.25) is 14.6 Å². The molecule has 1 aromatic carbocycles. The minimum absolute atomic E-state index is 0.120. The Balaban J connectivity index is 1.49. The van der Waals surface area contributed by atoms with Gasteiger partial charge in [0.2, 0.25) is 0 Å². The molecule has 0 spiro atoms. The molecule has 0 aliphatic carbocycles. The molecule has 0 amide bonds. The van der Waals surface area contributed by atoms with Gasteiger partial charge in [0.25, 0.3) is 0 Å². The van der Waals surface area contributed by atoms with Crippen LogP contribution < -0.4 is 0 Å². The lowest BCUT2D eigenvalue weighted by molar-refractivity contribution is -0.138. The fraction of sp³-hybridized carbons (Fsp3) is 0.391. The fourth-order valence-corrected chi connectivity index (χ4v) is 3.89. The van der Waals surface area contributed by atoms with E-state index in [1.54, 1.807) is 12.1 Å². The summed E-state index contributed by atoms with van der Waals surface area (Å²) in [6, 6.07) is 11.1. The highest BCUT2D eigenvalue weighted by molar-refractivity contribution is 5.33. The number of aryl methyl sites for hydroxylation is 1.